The summed E-state index contributed by atoms with van der Waals surface area (Å²) < 4.78 is 6.04. The molecule has 0 saturated heterocycles. The summed E-state index contributed by atoms with van der Waals surface area (Å²) in [7, 11) is 0. The van der Waals surface area contributed by atoms with Crippen LogP contribution in [0.4, 0.5) is 5.82 Å². The molecule has 0 aliphatic heterocycles. The fraction of sp³-hybridized carbons (Fsp3) is 0.320. The Hall–Kier alpha value is -2.81. The number of furan rings is 1. The number of aromatic nitrogens is 1. The minimum absolute atomic E-state index is 0.859. The molecule has 3 nitrogen and oxygen atoms in total. The Bertz CT molecular complexity index is 1020. The minimum atomic E-state index is 0.859. The van der Waals surface area contributed by atoms with Crippen molar-refractivity contribution in [2.24, 2.45) is 0 Å². The average Bonchev–Trinajstić information content (AvgIpc) is 3.03. The third-order valence-corrected chi connectivity index (χ3v) is 5.57. The van der Waals surface area contributed by atoms with Crippen molar-refractivity contribution >= 4 is 11.5 Å². The zero-order valence-corrected chi connectivity index (χ0v) is 17.2. The van der Waals surface area contributed by atoms with E-state index in [0.717, 1.165) is 35.7 Å². The van der Waals surface area contributed by atoms with Crippen LogP contribution in [0.15, 0.2) is 52.6 Å². The zero-order chi connectivity index (χ0) is 19.7. The van der Waals surface area contributed by atoms with Crippen LogP contribution in [0.5, 0.6) is 0 Å². The lowest BCUT2D eigenvalue weighted by Crippen LogP contribution is -2.04. The molecular formula is C25H28N2O. The molecule has 1 N–H and O–H groups in total. The summed E-state index contributed by atoms with van der Waals surface area (Å²) in [6, 6.07) is 12.7. The van der Waals surface area contributed by atoms with Crippen LogP contribution >= 0.6 is 0 Å². The Morgan fingerprint density at radius 1 is 1.00 bits per heavy atom. The number of pyridine rings is 1. The summed E-state index contributed by atoms with van der Waals surface area (Å²) in [6.45, 7) is 8.47. The summed E-state index contributed by atoms with van der Waals surface area (Å²) in [5.41, 5.74) is 8.60. The second-order valence-electron chi connectivity index (χ2n) is 7.89. The summed E-state index contributed by atoms with van der Waals surface area (Å²) in [5.74, 6) is 3.05. The van der Waals surface area contributed by atoms with Crippen LogP contribution < -0.4 is 5.32 Å². The van der Waals surface area contributed by atoms with Crippen LogP contribution in [0.2, 0.25) is 0 Å². The topological polar surface area (TPSA) is 38.1 Å². The van der Waals surface area contributed by atoms with Crippen LogP contribution in [0.25, 0.3) is 16.8 Å². The van der Waals surface area contributed by atoms with Gasteiger partial charge in [0, 0.05) is 40.6 Å². The maximum absolute atomic E-state index is 6.04. The van der Waals surface area contributed by atoms with Gasteiger partial charge in [-0.05, 0) is 64.7 Å². The molecule has 1 aliphatic rings. The van der Waals surface area contributed by atoms with Gasteiger partial charge in [-0.3, -0.25) is 0 Å². The summed E-state index contributed by atoms with van der Waals surface area (Å²) in [5, 5.41) is 3.53. The van der Waals surface area contributed by atoms with Crippen LogP contribution in [-0.4, -0.2) is 4.98 Å². The van der Waals surface area contributed by atoms with E-state index in [1.807, 2.05) is 6.20 Å². The molecule has 0 radical (unpaired) electrons. The normalized spacial score (nSPS) is 13.1. The number of hydrogen-bond donors (Lipinski definition) is 1. The lowest BCUT2D eigenvalue weighted by Gasteiger charge is -2.16. The molecule has 0 fully saturated rings. The Kier molecular flexibility index (Phi) is 5.08. The predicted molar refractivity (Wildman–Crippen MR) is 116 cm³/mol. The molecule has 0 bridgehead atoms. The van der Waals surface area contributed by atoms with E-state index in [1.165, 1.54) is 46.4 Å². The number of benzene rings is 1. The van der Waals surface area contributed by atoms with Crippen molar-refractivity contribution in [1.29, 1.82) is 0 Å². The zero-order valence-electron chi connectivity index (χ0n) is 17.2. The molecule has 0 unspecified atom stereocenters. The first kappa shape index (κ1) is 18.5. The number of allylic oxidation sites excluding steroid dienone is 1. The van der Waals surface area contributed by atoms with Crippen molar-refractivity contribution in [3.05, 3.63) is 76.4 Å². The van der Waals surface area contributed by atoms with Gasteiger partial charge < -0.3 is 9.73 Å². The van der Waals surface area contributed by atoms with Crippen molar-refractivity contribution in [3.63, 3.8) is 0 Å². The number of nitrogens with zero attached hydrogens (tertiary/aromatic N) is 1. The Morgan fingerprint density at radius 2 is 1.79 bits per heavy atom. The second-order valence-corrected chi connectivity index (χ2v) is 7.89. The average molecular weight is 373 g/mol. The van der Waals surface area contributed by atoms with Gasteiger partial charge in [-0.25, -0.2) is 4.98 Å². The molecule has 1 aliphatic carbocycles. The molecule has 0 atom stereocenters. The van der Waals surface area contributed by atoms with Crippen LogP contribution in [0.3, 0.4) is 0 Å². The highest BCUT2D eigenvalue weighted by atomic mass is 16.3. The van der Waals surface area contributed by atoms with Crippen LogP contribution in [0, 0.1) is 13.8 Å². The first-order valence-electron chi connectivity index (χ1n) is 10.1. The Morgan fingerprint density at radius 3 is 2.50 bits per heavy atom. The summed E-state index contributed by atoms with van der Waals surface area (Å²) in [4.78, 5) is 4.72. The summed E-state index contributed by atoms with van der Waals surface area (Å²) in [6.07, 6.45) is 6.60. The van der Waals surface area contributed by atoms with Gasteiger partial charge in [-0.15, -0.1) is 0 Å². The number of nitrogens with one attached hydrogen (secondary N) is 1. The molecule has 4 rings (SSSR count). The van der Waals surface area contributed by atoms with Crippen molar-refractivity contribution in [2.75, 3.05) is 5.32 Å². The second kappa shape index (κ2) is 7.67. The van der Waals surface area contributed by atoms with Gasteiger partial charge in [-0.1, -0.05) is 29.8 Å². The number of aryl methyl sites for hydroxylation is 3. The number of rotatable bonds is 4. The van der Waals surface area contributed by atoms with Gasteiger partial charge in [0.15, 0.2) is 0 Å². The lowest BCUT2D eigenvalue weighted by molar-refractivity contribution is 0.458. The maximum atomic E-state index is 6.04. The van der Waals surface area contributed by atoms with Crippen molar-refractivity contribution in [1.82, 2.24) is 4.98 Å². The van der Waals surface area contributed by atoms with Gasteiger partial charge in [-0.2, -0.15) is 0 Å². The molecule has 0 spiro atoms. The minimum Gasteiger partial charge on any atom is -0.465 e. The lowest BCUT2D eigenvalue weighted by atomic mass is 9.92. The highest BCUT2D eigenvalue weighted by Crippen LogP contribution is 2.36. The van der Waals surface area contributed by atoms with Gasteiger partial charge >= 0.3 is 0 Å². The van der Waals surface area contributed by atoms with Crippen molar-refractivity contribution < 1.29 is 4.42 Å². The molecular weight excluding hydrogens is 344 g/mol. The monoisotopic (exact) mass is 372 g/mol. The van der Waals surface area contributed by atoms with E-state index in [-0.39, 0.29) is 0 Å². The molecule has 3 aromatic rings. The molecule has 3 heteroatoms. The van der Waals surface area contributed by atoms with E-state index in [2.05, 4.69) is 69.4 Å². The Labute approximate surface area is 167 Å². The van der Waals surface area contributed by atoms with Gasteiger partial charge in [0.1, 0.15) is 17.3 Å². The smallest absolute Gasteiger partial charge is 0.130 e. The third kappa shape index (κ3) is 3.49. The van der Waals surface area contributed by atoms with Crippen molar-refractivity contribution in [3.8, 4) is 11.1 Å². The molecule has 2 heterocycles. The summed E-state index contributed by atoms with van der Waals surface area (Å²) >= 11 is 0. The number of anilines is 1. The predicted octanol–water partition coefficient (Wildman–Crippen LogP) is 6.70. The number of fused-ring (bicyclic) bond motifs is 1. The van der Waals surface area contributed by atoms with E-state index in [0.29, 0.717) is 0 Å². The van der Waals surface area contributed by atoms with Gasteiger partial charge in [0.2, 0.25) is 0 Å². The quantitative estimate of drug-likeness (QED) is 0.554. The first-order chi connectivity index (χ1) is 13.5. The highest BCUT2D eigenvalue weighted by Gasteiger charge is 2.21. The van der Waals surface area contributed by atoms with E-state index >= 15 is 0 Å². The van der Waals surface area contributed by atoms with Crippen molar-refractivity contribution in [2.45, 2.75) is 53.4 Å². The third-order valence-electron chi connectivity index (χ3n) is 5.57. The molecule has 0 saturated carbocycles. The Balaban J connectivity index is 1.63. The molecule has 1 aromatic carbocycles. The van der Waals surface area contributed by atoms with Gasteiger partial charge in [0.25, 0.3) is 0 Å². The SMILES string of the molecule is CC(C)=C(Nc1ccc(-c2c(C)oc3c2CCCC3)cn1)c1ccccc1C. The van der Waals surface area contributed by atoms with Crippen LogP contribution in [0.1, 0.15) is 54.9 Å². The van der Waals surface area contributed by atoms with E-state index in [4.69, 9.17) is 9.40 Å². The van der Waals surface area contributed by atoms with Gasteiger partial charge in [0.05, 0.1) is 0 Å². The fourth-order valence-electron chi connectivity index (χ4n) is 4.14. The molecule has 28 heavy (non-hydrogen) atoms. The highest BCUT2D eigenvalue weighted by molar-refractivity contribution is 5.79. The first-order valence-corrected chi connectivity index (χ1v) is 10.1. The molecule has 0 amide bonds. The molecule has 144 valence electrons. The van der Waals surface area contributed by atoms with Crippen LogP contribution in [-0.2, 0) is 12.8 Å². The molecule has 2 aromatic heterocycles. The van der Waals surface area contributed by atoms with E-state index in [9.17, 15) is 0 Å². The fourth-order valence-corrected chi connectivity index (χ4v) is 4.14. The standard InChI is InChI=1S/C25H28N2O/c1-16(2)25(20-10-6-5-9-17(20)3)27-23-14-13-19(15-26-23)24-18(4)28-22-12-8-7-11-21(22)24/h5-6,9-10,13-15H,7-8,11-12H2,1-4H3,(H,26,27). The van der Waals surface area contributed by atoms with E-state index < -0.39 is 0 Å². The van der Waals surface area contributed by atoms with E-state index in [1.54, 1.807) is 0 Å². The number of hydrogen-bond acceptors (Lipinski definition) is 3. The largest absolute Gasteiger partial charge is 0.465 e. The maximum Gasteiger partial charge on any atom is 0.130 e.